The van der Waals surface area contributed by atoms with Gasteiger partial charge in [-0.2, -0.15) is 10.4 Å². The zero-order valence-electron chi connectivity index (χ0n) is 33.6. The number of ether oxygens (including phenoxy) is 2. The molecule has 2 aromatic heterocycles. The van der Waals surface area contributed by atoms with E-state index in [0.29, 0.717) is 65.5 Å². The molecule has 5 aromatic rings. The van der Waals surface area contributed by atoms with Crippen molar-refractivity contribution >= 4 is 57.5 Å². The molecule has 18 heteroatoms. The number of aliphatic hydroxyl groups is 1. The standard InChI is InChI=1S/C42H46F2N10O5S/c1-4-51(2)60-50-33-12-10-31(43)39(30(33)22-45)59-27-9-11-34-35(19-27)47-38(23-46-34)58-24-42(57)14-17-53(18-15-42)26-7-5-25(6-8-26)28-21-36-29(20-32(28)44)40(49-52(36)3)54-16-13-37(55)48-41(54)56/h9-12,19-21,23,25-26,50,57H,4-8,13-18,24H2,1-3H3,(H,48,55,56). The van der Waals surface area contributed by atoms with Gasteiger partial charge in [-0.1, -0.05) is 6.92 Å². The zero-order valence-corrected chi connectivity index (χ0v) is 34.4. The molecule has 60 heavy (non-hydrogen) atoms. The van der Waals surface area contributed by atoms with Crippen molar-refractivity contribution in [2.24, 2.45) is 7.05 Å². The van der Waals surface area contributed by atoms with Gasteiger partial charge < -0.3 is 24.2 Å². The van der Waals surface area contributed by atoms with E-state index in [1.54, 1.807) is 29.9 Å². The Morgan fingerprint density at radius 1 is 1.07 bits per heavy atom. The van der Waals surface area contributed by atoms with Gasteiger partial charge in [-0.3, -0.25) is 19.7 Å². The highest BCUT2D eigenvalue weighted by Crippen LogP contribution is 2.40. The number of aromatic nitrogens is 4. The van der Waals surface area contributed by atoms with E-state index in [9.17, 15) is 24.3 Å². The van der Waals surface area contributed by atoms with Crippen LogP contribution in [0.3, 0.4) is 0 Å². The van der Waals surface area contributed by atoms with Gasteiger partial charge in [0, 0.05) is 69.3 Å². The van der Waals surface area contributed by atoms with Crippen molar-refractivity contribution in [1.82, 2.24) is 34.3 Å². The Bertz CT molecular complexity index is 2480. The Hall–Kier alpha value is -5.61. The number of fused-ring (bicyclic) bond motifs is 2. The number of imide groups is 1. The second kappa shape index (κ2) is 17.2. The molecule has 2 aliphatic heterocycles. The number of nitrogens with one attached hydrogen (secondary N) is 2. The summed E-state index contributed by atoms with van der Waals surface area (Å²) in [5, 5.41) is 28.7. The Balaban J connectivity index is 0.854. The minimum absolute atomic E-state index is 0.0277. The maximum absolute atomic E-state index is 15.7. The van der Waals surface area contributed by atoms with Gasteiger partial charge in [-0.05, 0) is 93.5 Å². The molecular formula is C42H46F2N10O5S. The predicted molar refractivity (Wildman–Crippen MR) is 223 cm³/mol. The van der Waals surface area contributed by atoms with Gasteiger partial charge in [0.05, 0.1) is 28.4 Å². The van der Waals surface area contributed by atoms with Gasteiger partial charge in [0.2, 0.25) is 11.8 Å². The SMILES string of the molecule is CCN(C)SNc1ccc(F)c(Oc2ccc3ncc(OCC4(O)CCN(C5CCC(c6cc7c(cc6F)c(N6CCC(=O)NC6=O)nn7C)CC5)CC4)nc3c2)c1C#N. The quantitative estimate of drug-likeness (QED) is 0.113. The number of piperidine rings is 1. The van der Waals surface area contributed by atoms with Crippen molar-refractivity contribution < 1.29 is 33.0 Å². The monoisotopic (exact) mass is 840 g/mol. The lowest BCUT2D eigenvalue weighted by molar-refractivity contribution is -0.120. The molecule has 15 nitrogen and oxygen atoms in total. The van der Waals surface area contributed by atoms with Crippen molar-refractivity contribution in [3.05, 3.63) is 71.4 Å². The van der Waals surface area contributed by atoms with Crippen LogP contribution in [0, 0.1) is 23.0 Å². The molecule has 1 saturated carbocycles. The fourth-order valence-electron chi connectivity index (χ4n) is 8.23. The third kappa shape index (κ3) is 8.53. The summed E-state index contributed by atoms with van der Waals surface area (Å²) in [6.07, 6.45) is 6.11. The van der Waals surface area contributed by atoms with Crippen LogP contribution >= 0.6 is 12.1 Å². The van der Waals surface area contributed by atoms with E-state index in [2.05, 4.69) is 30.0 Å². The smallest absolute Gasteiger partial charge is 0.329 e. The largest absolute Gasteiger partial charge is 0.473 e. The number of rotatable bonds is 12. The molecule has 3 aliphatic rings. The van der Waals surface area contributed by atoms with Crippen LogP contribution in [-0.2, 0) is 11.8 Å². The minimum atomic E-state index is -1.06. The molecule has 0 unspecified atom stereocenters. The Morgan fingerprint density at radius 3 is 2.58 bits per heavy atom. The topological polar surface area (TPSA) is 174 Å². The van der Waals surface area contributed by atoms with Gasteiger partial charge in [-0.25, -0.2) is 27.8 Å². The number of carbonyl (C=O) groups excluding carboxylic acids is 2. The first-order valence-electron chi connectivity index (χ1n) is 20.1. The summed E-state index contributed by atoms with van der Waals surface area (Å²) in [6, 6.07) is 12.8. The van der Waals surface area contributed by atoms with Gasteiger partial charge in [0.15, 0.2) is 17.4 Å². The van der Waals surface area contributed by atoms with E-state index in [4.69, 9.17) is 9.47 Å². The van der Waals surface area contributed by atoms with E-state index in [1.165, 1.54) is 41.4 Å². The third-order valence-corrected chi connectivity index (χ3v) is 12.7. The van der Waals surface area contributed by atoms with E-state index in [1.807, 2.05) is 30.4 Å². The first-order valence-corrected chi connectivity index (χ1v) is 20.9. The second-order valence-corrected chi connectivity index (χ2v) is 16.7. The minimum Gasteiger partial charge on any atom is -0.473 e. The highest BCUT2D eigenvalue weighted by molar-refractivity contribution is 7.98. The van der Waals surface area contributed by atoms with Crippen LogP contribution in [0.4, 0.5) is 25.1 Å². The molecule has 2 saturated heterocycles. The normalized spacial score (nSPS) is 19.7. The van der Waals surface area contributed by atoms with Crippen molar-refractivity contribution in [3.63, 3.8) is 0 Å². The molecule has 314 valence electrons. The zero-order chi connectivity index (χ0) is 42.1. The molecular weight excluding hydrogens is 795 g/mol. The van der Waals surface area contributed by atoms with E-state index >= 15 is 4.39 Å². The second-order valence-electron chi connectivity index (χ2n) is 15.7. The highest BCUT2D eigenvalue weighted by Gasteiger charge is 2.37. The molecule has 3 amide bonds. The number of hydrogen-bond donors (Lipinski definition) is 3. The summed E-state index contributed by atoms with van der Waals surface area (Å²) in [7, 11) is 3.66. The molecule has 0 radical (unpaired) electrons. The maximum atomic E-state index is 15.7. The van der Waals surface area contributed by atoms with Crippen LogP contribution < -0.4 is 24.4 Å². The number of carbonyl (C=O) groups is 2. The first-order chi connectivity index (χ1) is 28.9. The number of nitrogens with zero attached hydrogens (tertiary/aromatic N) is 8. The lowest BCUT2D eigenvalue weighted by Crippen LogP contribution is -2.51. The number of aryl methyl sites for hydroxylation is 1. The Kier molecular flexibility index (Phi) is 11.8. The summed E-state index contributed by atoms with van der Waals surface area (Å²) in [5.41, 5.74) is 1.76. The number of anilines is 2. The van der Waals surface area contributed by atoms with Crippen molar-refractivity contribution in [2.45, 2.75) is 69.4 Å². The number of benzene rings is 3. The molecule has 0 bridgehead atoms. The average Bonchev–Trinajstić information content (AvgIpc) is 3.56. The Morgan fingerprint density at radius 2 is 1.85 bits per heavy atom. The molecule has 0 spiro atoms. The lowest BCUT2D eigenvalue weighted by Gasteiger charge is -2.43. The summed E-state index contributed by atoms with van der Waals surface area (Å²) in [5.74, 6) is -0.686. The van der Waals surface area contributed by atoms with Crippen LogP contribution in [0.15, 0.2) is 48.7 Å². The third-order valence-electron chi connectivity index (χ3n) is 11.8. The average molecular weight is 841 g/mol. The number of halogens is 2. The maximum Gasteiger partial charge on any atom is 0.329 e. The number of amides is 3. The molecule has 1 aliphatic carbocycles. The van der Waals surface area contributed by atoms with Crippen LogP contribution in [0.1, 0.15) is 68.9 Å². The summed E-state index contributed by atoms with van der Waals surface area (Å²) >= 11 is 1.28. The molecule has 8 rings (SSSR count). The molecule has 3 aromatic carbocycles. The van der Waals surface area contributed by atoms with E-state index < -0.39 is 17.4 Å². The summed E-state index contributed by atoms with van der Waals surface area (Å²) in [6.45, 7) is 4.35. The molecule has 0 atom stereocenters. The molecule has 4 heterocycles. The summed E-state index contributed by atoms with van der Waals surface area (Å²) in [4.78, 5) is 37.0. The lowest BCUT2D eigenvalue weighted by atomic mass is 9.80. The fourth-order valence-corrected chi connectivity index (χ4v) is 8.79. The van der Waals surface area contributed by atoms with Crippen molar-refractivity contribution in [1.29, 1.82) is 5.26 Å². The van der Waals surface area contributed by atoms with Crippen molar-refractivity contribution in [2.75, 3.05) is 49.5 Å². The van der Waals surface area contributed by atoms with Gasteiger partial charge >= 0.3 is 6.03 Å². The fraction of sp³-hybridized carbons (Fsp3) is 0.429. The first kappa shape index (κ1) is 41.1. The van der Waals surface area contributed by atoms with Crippen molar-refractivity contribution in [3.8, 4) is 23.4 Å². The van der Waals surface area contributed by atoms with Crippen LogP contribution in [0.25, 0.3) is 21.9 Å². The Labute approximate surface area is 349 Å². The number of hydrogen-bond acceptors (Lipinski definition) is 13. The van der Waals surface area contributed by atoms with Crippen LogP contribution in [0.5, 0.6) is 17.4 Å². The van der Waals surface area contributed by atoms with E-state index in [-0.39, 0.29) is 60.2 Å². The number of likely N-dealkylation sites (tertiary alicyclic amines) is 1. The van der Waals surface area contributed by atoms with E-state index in [0.717, 1.165) is 37.7 Å². The van der Waals surface area contributed by atoms with Gasteiger partial charge in [0.25, 0.3) is 0 Å². The molecule has 3 N–H and O–H groups in total. The predicted octanol–water partition coefficient (Wildman–Crippen LogP) is 6.76. The number of urea groups is 1. The number of nitriles is 1. The van der Waals surface area contributed by atoms with Gasteiger partial charge in [0.1, 0.15) is 35.4 Å². The highest BCUT2D eigenvalue weighted by atomic mass is 32.2. The molecule has 3 fully saturated rings. The van der Waals surface area contributed by atoms with Crippen LogP contribution in [0.2, 0.25) is 0 Å². The van der Waals surface area contributed by atoms with Crippen LogP contribution in [-0.4, -0.2) is 97.5 Å². The van der Waals surface area contributed by atoms with Gasteiger partial charge in [-0.15, -0.1) is 0 Å². The summed E-state index contributed by atoms with van der Waals surface area (Å²) < 4.78 is 49.3.